The van der Waals surface area contributed by atoms with E-state index >= 15 is 0 Å². The Bertz CT molecular complexity index is 1960. The number of nitrogens with zero attached hydrogens (tertiary/aromatic N) is 1. The van der Waals surface area contributed by atoms with Crippen LogP contribution in [0.2, 0.25) is 0 Å². The van der Waals surface area contributed by atoms with Gasteiger partial charge in [0.05, 0.1) is 38.1 Å². The van der Waals surface area contributed by atoms with E-state index in [0.29, 0.717) is 61.8 Å². The molecule has 16 nitrogen and oxygen atoms in total. The maximum Gasteiger partial charge on any atom is 0.311 e. The molecule has 8 atom stereocenters. The molecular weight excluding hydrogens is 708 g/mol. The van der Waals surface area contributed by atoms with Gasteiger partial charge in [-0.05, 0) is 31.1 Å². The lowest BCUT2D eigenvalue weighted by atomic mass is 9.67. The van der Waals surface area contributed by atoms with Crippen molar-refractivity contribution < 1.29 is 72.9 Å². The number of allylic oxidation sites excluding steroid dienone is 1. The number of aliphatic carboxylic acids is 1. The van der Waals surface area contributed by atoms with Gasteiger partial charge in [0.15, 0.2) is 11.5 Å². The van der Waals surface area contributed by atoms with Gasteiger partial charge in [-0.3, -0.25) is 19.5 Å². The molecule has 1 saturated heterocycles. The SMILES string of the molecule is COc1ccc2c(c1OC)O[C@@H]1c3c(C[NH+]4C=C5C=CN=C5C4)cc(O[C@H]4O[C@H](COC(=O)CC(=O)[O-])[C@@H](O)[C@H](O)[C@H]4O)cc3OC3(CCC(=O)CC3)[C@@H]21. The van der Waals surface area contributed by atoms with Crippen LogP contribution in [0.4, 0.5) is 0 Å². The minimum Gasteiger partial charge on any atom is -0.550 e. The molecule has 2 aromatic carbocycles. The van der Waals surface area contributed by atoms with E-state index in [2.05, 4.69) is 11.2 Å². The number of carboxylic acid groups (broad SMARTS) is 1. The topological polar surface area (TPSA) is 216 Å². The predicted molar refractivity (Wildman–Crippen MR) is 181 cm³/mol. The number of Topliss-reactive ketones (excluding diaryl/α,β-unsaturated/α-hetero) is 1. The molecule has 1 unspecified atom stereocenters. The third-order valence-corrected chi connectivity index (χ3v) is 11.0. The van der Waals surface area contributed by atoms with Crippen LogP contribution in [0, 0.1) is 0 Å². The summed E-state index contributed by atoms with van der Waals surface area (Å²) in [5.74, 6) is -0.807. The summed E-state index contributed by atoms with van der Waals surface area (Å²) in [7, 11) is 3.11. The maximum absolute atomic E-state index is 12.6. The first kappa shape index (κ1) is 36.0. The fraction of sp³-hybridized carbons (Fsp3) is 0.474. The molecule has 5 aliphatic heterocycles. The van der Waals surface area contributed by atoms with Crippen molar-refractivity contribution in [3.63, 3.8) is 0 Å². The van der Waals surface area contributed by atoms with Gasteiger partial charge in [-0.15, -0.1) is 0 Å². The van der Waals surface area contributed by atoms with E-state index in [1.807, 2.05) is 18.2 Å². The van der Waals surface area contributed by atoms with Crippen LogP contribution in [-0.2, 0) is 30.4 Å². The molecule has 286 valence electrons. The molecule has 8 rings (SSSR count). The number of nitrogens with one attached hydrogen (secondary N) is 1. The fourth-order valence-electron chi connectivity index (χ4n) is 8.48. The molecule has 2 fully saturated rings. The average Bonchev–Trinajstić information content (AvgIpc) is 3.86. The van der Waals surface area contributed by atoms with Gasteiger partial charge in [0, 0.05) is 41.8 Å². The number of aliphatic imine (C=N–C) groups is 1. The van der Waals surface area contributed by atoms with E-state index in [4.69, 9.17) is 33.2 Å². The van der Waals surface area contributed by atoms with Gasteiger partial charge in [-0.25, -0.2) is 0 Å². The molecule has 2 aromatic rings. The number of hydrogen-bond acceptors (Lipinski definition) is 15. The summed E-state index contributed by atoms with van der Waals surface area (Å²) in [4.78, 5) is 40.8. The second-order valence-electron chi connectivity index (χ2n) is 14.3. The number of carboxylic acids is 1. The van der Waals surface area contributed by atoms with Crippen molar-refractivity contribution in [1.82, 2.24) is 0 Å². The van der Waals surface area contributed by atoms with E-state index in [-0.39, 0.29) is 17.5 Å². The Hall–Kier alpha value is -5.00. The number of benzene rings is 2. The smallest absolute Gasteiger partial charge is 0.311 e. The van der Waals surface area contributed by atoms with E-state index < -0.39 is 67.4 Å². The van der Waals surface area contributed by atoms with E-state index in [1.54, 1.807) is 32.6 Å². The molecule has 1 aliphatic carbocycles. The van der Waals surface area contributed by atoms with Crippen molar-refractivity contribution in [3.8, 4) is 28.7 Å². The van der Waals surface area contributed by atoms with Gasteiger partial charge >= 0.3 is 5.97 Å². The largest absolute Gasteiger partial charge is 0.550 e. The summed E-state index contributed by atoms with van der Waals surface area (Å²) in [5.41, 5.74) is 3.59. The van der Waals surface area contributed by atoms with Crippen molar-refractivity contribution >= 4 is 23.4 Å². The first-order valence-corrected chi connectivity index (χ1v) is 17.8. The molecule has 0 radical (unpaired) electrons. The van der Waals surface area contributed by atoms with Crippen molar-refractivity contribution in [2.45, 2.75) is 87.0 Å². The highest BCUT2D eigenvalue weighted by Gasteiger charge is 2.58. The zero-order valence-electron chi connectivity index (χ0n) is 29.5. The highest BCUT2D eigenvalue weighted by atomic mass is 16.7. The lowest BCUT2D eigenvalue weighted by Crippen LogP contribution is -3.05. The Morgan fingerprint density at radius 1 is 1.07 bits per heavy atom. The molecule has 16 heteroatoms. The Balaban J connectivity index is 1.18. The molecule has 1 spiro atoms. The van der Waals surface area contributed by atoms with Crippen LogP contribution in [0.5, 0.6) is 28.7 Å². The van der Waals surface area contributed by atoms with E-state index in [0.717, 1.165) is 32.9 Å². The standard InChI is InChI=1S/C38H40N2O14/c1-48-24-4-3-22-30-36(53-34(22)35(24)49-2)29-19(15-40-14-18-7-10-39-23(18)16-40)11-21(12-25(29)54-38(30)8-5-20(41)6-9-38)51-37-33(47)32(46)31(45)26(52-37)17-50-28(44)13-27(42)43/h3-4,7,10-12,14,26,30-33,36-37,45-47H,5-6,8-9,13,15-17H2,1-2H3,(H,42,43)/t26-,30+,31-,32+,33-,36-,37+/m1/s1. The molecule has 0 aromatic heterocycles. The van der Waals surface area contributed by atoms with Gasteiger partial charge in [0.25, 0.3) is 0 Å². The minimum atomic E-state index is -1.77. The molecule has 5 heterocycles. The predicted octanol–water partition coefficient (Wildman–Crippen LogP) is -0.684. The van der Waals surface area contributed by atoms with Crippen LogP contribution in [0.1, 0.15) is 60.8 Å². The van der Waals surface area contributed by atoms with Gasteiger partial charge in [0.1, 0.15) is 85.0 Å². The van der Waals surface area contributed by atoms with E-state index in [9.17, 15) is 34.8 Å². The van der Waals surface area contributed by atoms with Gasteiger partial charge in [0.2, 0.25) is 12.0 Å². The van der Waals surface area contributed by atoms with Crippen molar-refractivity contribution in [2.75, 3.05) is 27.4 Å². The summed E-state index contributed by atoms with van der Waals surface area (Å²) in [6.07, 6.45) is -2.36. The van der Waals surface area contributed by atoms with Crippen LogP contribution in [-0.4, -0.2) is 102 Å². The van der Waals surface area contributed by atoms with Crippen LogP contribution in [0.25, 0.3) is 0 Å². The summed E-state index contributed by atoms with van der Waals surface area (Å²) in [6.45, 7) is 0.444. The quantitative estimate of drug-likeness (QED) is 0.175. The fourth-order valence-corrected chi connectivity index (χ4v) is 8.48. The monoisotopic (exact) mass is 748 g/mol. The van der Waals surface area contributed by atoms with Gasteiger partial charge < -0.3 is 58.4 Å². The number of carbonyl (C=O) groups is 3. The van der Waals surface area contributed by atoms with Gasteiger partial charge in [-0.2, -0.15) is 0 Å². The van der Waals surface area contributed by atoms with Crippen molar-refractivity contribution in [2.24, 2.45) is 4.99 Å². The summed E-state index contributed by atoms with van der Waals surface area (Å²) >= 11 is 0. The number of hydrogen-bond donors (Lipinski definition) is 4. The molecule has 0 bridgehead atoms. The lowest BCUT2D eigenvalue weighted by Gasteiger charge is -2.48. The molecule has 6 aliphatic rings. The number of rotatable bonds is 10. The van der Waals surface area contributed by atoms with Crippen molar-refractivity contribution in [1.29, 1.82) is 0 Å². The normalized spacial score (nSPS) is 29.8. The number of aliphatic hydroxyl groups is 3. The molecular formula is C38H40N2O14. The Kier molecular flexibility index (Phi) is 9.34. The molecule has 54 heavy (non-hydrogen) atoms. The third kappa shape index (κ3) is 6.26. The van der Waals surface area contributed by atoms with Crippen LogP contribution >= 0.6 is 0 Å². The molecule has 0 amide bonds. The third-order valence-electron chi connectivity index (χ3n) is 11.0. The number of quaternary nitrogens is 1. The van der Waals surface area contributed by atoms with E-state index in [1.165, 1.54) is 0 Å². The average molecular weight is 749 g/mol. The zero-order chi connectivity index (χ0) is 37.9. The first-order chi connectivity index (χ1) is 26.0. The first-order valence-electron chi connectivity index (χ1n) is 17.8. The molecule has 1 saturated carbocycles. The summed E-state index contributed by atoms with van der Waals surface area (Å²) < 4.78 is 42.3. The number of carbonyl (C=O) groups excluding carboxylic acids is 3. The number of fused-ring (bicyclic) bond motifs is 7. The Morgan fingerprint density at radius 3 is 2.59 bits per heavy atom. The highest BCUT2D eigenvalue weighted by Crippen LogP contribution is 2.64. The lowest BCUT2D eigenvalue weighted by molar-refractivity contribution is -0.848. The second kappa shape index (κ2) is 14.0. The highest BCUT2D eigenvalue weighted by molar-refractivity contribution is 6.06. The Morgan fingerprint density at radius 2 is 1.87 bits per heavy atom. The van der Waals surface area contributed by atoms with Crippen LogP contribution in [0.3, 0.4) is 0 Å². The number of ketones is 1. The second-order valence-corrected chi connectivity index (χ2v) is 14.3. The zero-order valence-corrected chi connectivity index (χ0v) is 29.5. The number of aliphatic hydroxyl groups excluding tert-OH is 3. The van der Waals surface area contributed by atoms with Gasteiger partial charge in [-0.1, -0.05) is 6.07 Å². The minimum absolute atomic E-state index is 0.146. The number of esters is 1. The Labute approximate surface area is 309 Å². The van der Waals surface area contributed by atoms with Crippen LogP contribution < -0.4 is 33.7 Å². The maximum atomic E-state index is 12.6. The number of ether oxygens (including phenoxy) is 7. The molecule has 4 N–H and O–H groups in total. The summed E-state index contributed by atoms with van der Waals surface area (Å²) in [6, 6.07) is 7.23. The summed E-state index contributed by atoms with van der Waals surface area (Å²) in [5, 5.41) is 43.1. The van der Waals surface area contributed by atoms with Crippen LogP contribution in [0.15, 0.2) is 53.3 Å². The number of methoxy groups -OCH3 is 2. The van der Waals surface area contributed by atoms with Crippen molar-refractivity contribution in [3.05, 3.63) is 65.0 Å².